The van der Waals surface area contributed by atoms with Crippen LogP contribution in [0.5, 0.6) is 0 Å². The molecule has 0 radical (unpaired) electrons. The average molecular weight is 450 g/mol. The van der Waals surface area contributed by atoms with Crippen molar-refractivity contribution in [3.8, 4) is 0 Å². The van der Waals surface area contributed by atoms with Gasteiger partial charge in [-0.3, -0.25) is 4.79 Å². The van der Waals surface area contributed by atoms with Gasteiger partial charge < -0.3 is 10.6 Å². The largest absolute Gasteiger partial charge is 0.356 e. The molecule has 1 heterocycles. The number of benzene rings is 3. The summed E-state index contributed by atoms with van der Waals surface area (Å²) in [5.74, 6) is -0.344. The first kappa shape index (κ1) is 22.0. The number of sulfonamides is 1. The molecule has 1 fully saturated rings. The quantitative estimate of drug-likeness (QED) is 0.544. The number of carbonyl (C=O) groups excluding carboxylic acids is 1. The average Bonchev–Trinajstić information content (AvgIpc) is 2.82. The van der Waals surface area contributed by atoms with E-state index >= 15 is 0 Å². The molecule has 1 aliphatic heterocycles. The van der Waals surface area contributed by atoms with Gasteiger partial charge in [-0.05, 0) is 73.9 Å². The molecule has 0 saturated carbocycles. The lowest BCUT2D eigenvalue weighted by molar-refractivity contribution is 0.102. The van der Waals surface area contributed by atoms with E-state index in [1.54, 1.807) is 19.1 Å². The van der Waals surface area contributed by atoms with Crippen molar-refractivity contribution in [3.63, 3.8) is 0 Å². The molecular weight excluding hydrogens is 422 g/mol. The van der Waals surface area contributed by atoms with Crippen molar-refractivity contribution >= 4 is 33.0 Å². The fourth-order valence-corrected chi connectivity index (χ4v) is 5.56. The molecule has 4 rings (SSSR count). The molecule has 1 aliphatic rings. The van der Waals surface area contributed by atoms with Crippen LogP contribution in [0.15, 0.2) is 77.7 Å². The molecule has 0 aromatic heterocycles. The Morgan fingerprint density at radius 3 is 2.12 bits per heavy atom. The lowest BCUT2D eigenvalue weighted by atomic mass is 10.1. The lowest BCUT2D eigenvalue weighted by Crippen LogP contribution is -2.36. The molecule has 3 aromatic rings. The Balaban J connectivity index is 1.48. The van der Waals surface area contributed by atoms with Gasteiger partial charge in [0, 0.05) is 35.7 Å². The van der Waals surface area contributed by atoms with Crippen molar-refractivity contribution in [3.05, 3.63) is 83.9 Å². The van der Waals surface area contributed by atoms with Crippen LogP contribution in [0.25, 0.3) is 0 Å². The van der Waals surface area contributed by atoms with Gasteiger partial charge in [0.1, 0.15) is 0 Å². The highest BCUT2D eigenvalue weighted by atomic mass is 32.2. The van der Waals surface area contributed by atoms with Crippen LogP contribution in [-0.4, -0.2) is 31.7 Å². The SMILES string of the molecule is Cc1ccc(C(=O)Nc2ccc(Nc3ccccc3)cc2)cc1S(=O)(=O)N1CCCCC1. The van der Waals surface area contributed by atoms with E-state index in [1.807, 2.05) is 54.6 Å². The van der Waals surface area contributed by atoms with Crippen LogP contribution in [0, 0.1) is 6.92 Å². The first-order chi connectivity index (χ1) is 15.4. The third-order valence-corrected chi connectivity index (χ3v) is 7.63. The van der Waals surface area contributed by atoms with E-state index in [1.165, 1.54) is 10.4 Å². The molecule has 0 spiro atoms. The summed E-state index contributed by atoms with van der Waals surface area (Å²) < 4.78 is 27.8. The van der Waals surface area contributed by atoms with Crippen LogP contribution in [0.1, 0.15) is 35.2 Å². The Bertz CT molecular complexity index is 1190. The topological polar surface area (TPSA) is 78.5 Å². The smallest absolute Gasteiger partial charge is 0.255 e. The van der Waals surface area contributed by atoms with Gasteiger partial charge in [0.05, 0.1) is 4.90 Å². The molecule has 166 valence electrons. The maximum atomic E-state index is 13.1. The lowest BCUT2D eigenvalue weighted by Gasteiger charge is -2.26. The number of nitrogens with one attached hydrogen (secondary N) is 2. The number of nitrogens with zero attached hydrogens (tertiary/aromatic N) is 1. The Hall–Kier alpha value is -3.16. The Labute approximate surface area is 189 Å². The van der Waals surface area contributed by atoms with Crippen molar-refractivity contribution < 1.29 is 13.2 Å². The number of anilines is 3. The van der Waals surface area contributed by atoms with Crippen LogP contribution < -0.4 is 10.6 Å². The summed E-state index contributed by atoms with van der Waals surface area (Å²) in [6, 6.07) is 22.0. The number of piperidine rings is 1. The number of hydrogen-bond acceptors (Lipinski definition) is 4. The van der Waals surface area contributed by atoms with Crippen LogP contribution in [0.2, 0.25) is 0 Å². The monoisotopic (exact) mass is 449 g/mol. The van der Waals surface area contributed by atoms with Crippen LogP contribution in [-0.2, 0) is 10.0 Å². The van der Waals surface area contributed by atoms with E-state index in [0.717, 1.165) is 30.6 Å². The number of aryl methyl sites for hydroxylation is 1. The highest BCUT2D eigenvalue weighted by Crippen LogP contribution is 2.25. The minimum Gasteiger partial charge on any atom is -0.356 e. The molecule has 0 aliphatic carbocycles. The molecule has 1 amide bonds. The zero-order valence-electron chi connectivity index (χ0n) is 18.0. The maximum Gasteiger partial charge on any atom is 0.255 e. The number of para-hydroxylation sites is 1. The summed E-state index contributed by atoms with van der Waals surface area (Å²) in [4.78, 5) is 13.0. The van der Waals surface area contributed by atoms with Gasteiger partial charge in [-0.25, -0.2) is 8.42 Å². The van der Waals surface area contributed by atoms with Crippen molar-refractivity contribution in [2.75, 3.05) is 23.7 Å². The molecule has 0 bridgehead atoms. The van der Waals surface area contributed by atoms with Gasteiger partial charge in [-0.1, -0.05) is 30.7 Å². The minimum absolute atomic E-state index is 0.203. The van der Waals surface area contributed by atoms with Crippen LogP contribution in [0.3, 0.4) is 0 Å². The fourth-order valence-electron chi connectivity index (χ4n) is 3.79. The van der Waals surface area contributed by atoms with E-state index in [2.05, 4.69) is 10.6 Å². The Kier molecular flexibility index (Phi) is 6.58. The molecular formula is C25H27N3O3S. The Morgan fingerprint density at radius 2 is 1.44 bits per heavy atom. The highest BCUT2D eigenvalue weighted by molar-refractivity contribution is 7.89. The second kappa shape index (κ2) is 9.54. The standard InChI is InChI=1S/C25H27N3O3S/c1-19-10-11-20(18-24(19)32(30,31)28-16-6-3-7-17-28)25(29)27-23-14-12-22(13-15-23)26-21-8-4-2-5-9-21/h2,4-5,8-15,18,26H,3,6-7,16-17H2,1H3,(H,27,29). The van der Waals surface area contributed by atoms with Gasteiger partial charge in [-0.15, -0.1) is 0 Å². The molecule has 32 heavy (non-hydrogen) atoms. The molecule has 0 atom stereocenters. The Morgan fingerprint density at radius 1 is 0.812 bits per heavy atom. The predicted molar refractivity (Wildman–Crippen MR) is 128 cm³/mol. The van der Waals surface area contributed by atoms with Gasteiger partial charge in [0.15, 0.2) is 0 Å². The van der Waals surface area contributed by atoms with E-state index in [-0.39, 0.29) is 10.8 Å². The summed E-state index contributed by atoms with van der Waals surface area (Å²) in [5, 5.41) is 6.15. The molecule has 3 aromatic carbocycles. The minimum atomic E-state index is -3.61. The van der Waals surface area contributed by atoms with Gasteiger partial charge in [0.25, 0.3) is 5.91 Å². The van der Waals surface area contributed by atoms with Crippen molar-refractivity contribution in [1.29, 1.82) is 0 Å². The normalized spacial score (nSPS) is 14.7. The zero-order chi connectivity index (χ0) is 22.6. The maximum absolute atomic E-state index is 13.1. The first-order valence-electron chi connectivity index (χ1n) is 10.8. The molecule has 2 N–H and O–H groups in total. The highest BCUT2D eigenvalue weighted by Gasteiger charge is 2.28. The number of rotatable bonds is 6. The summed E-state index contributed by atoms with van der Waals surface area (Å²) in [6.07, 6.45) is 2.79. The van der Waals surface area contributed by atoms with Crippen LogP contribution >= 0.6 is 0 Å². The van der Waals surface area contributed by atoms with Crippen molar-refractivity contribution in [2.45, 2.75) is 31.1 Å². The van der Waals surface area contributed by atoms with E-state index < -0.39 is 10.0 Å². The van der Waals surface area contributed by atoms with E-state index in [9.17, 15) is 13.2 Å². The molecule has 7 heteroatoms. The second-order valence-electron chi connectivity index (χ2n) is 7.97. The third kappa shape index (κ3) is 5.00. The van der Waals surface area contributed by atoms with E-state index in [0.29, 0.717) is 29.9 Å². The summed E-state index contributed by atoms with van der Waals surface area (Å²) in [6.45, 7) is 2.82. The predicted octanol–water partition coefficient (Wildman–Crippen LogP) is 5.17. The summed E-state index contributed by atoms with van der Waals surface area (Å²) >= 11 is 0. The molecule has 6 nitrogen and oxygen atoms in total. The second-order valence-corrected chi connectivity index (χ2v) is 9.87. The summed E-state index contributed by atoms with van der Waals surface area (Å²) in [5.41, 5.74) is 3.47. The van der Waals surface area contributed by atoms with E-state index in [4.69, 9.17) is 0 Å². The molecule has 0 unspecified atom stereocenters. The van der Waals surface area contributed by atoms with Crippen molar-refractivity contribution in [2.24, 2.45) is 0 Å². The fraction of sp³-hybridized carbons (Fsp3) is 0.240. The van der Waals surface area contributed by atoms with Crippen LogP contribution in [0.4, 0.5) is 17.1 Å². The number of amides is 1. The molecule has 1 saturated heterocycles. The third-order valence-electron chi connectivity index (χ3n) is 5.59. The van der Waals surface area contributed by atoms with Gasteiger partial charge >= 0.3 is 0 Å². The van der Waals surface area contributed by atoms with Gasteiger partial charge in [0.2, 0.25) is 10.0 Å². The summed E-state index contributed by atoms with van der Waals surface area (Å²) in [7, 11) is -3.61. The van der Waals surface area contributed by atoms with Crippen molar-refractivity contribution in [1.82, 2.24) is 4.31 Å². The number of carbonyl (C=O) groups is 1. The zero-order valence-corrected chi connectivity index (χ0v) is 18.9. The number of hydrogen-bond donors (Lipinski definition) is 2. The first-order valence-corrected chi connectivity index (χ1v) is 12.2. The van der Waals surface area contributed by atoms with Gasteiger partial charge in [-0.2, -0.15) is 4.31 Å².